The van der Waals surface area contributed by atoms with Crippen LogP contribution in [0.5, 0.6) is 0 Å². The van der Waals surface area contributed by atoms with Gasteiger partial charge in [0, 0.05) is 18.5 Å². The second-order valence-electron chi connectivity index (χ2n) is 8.96. The molecule has 0 bridgehead atoms. The molecular formula is C20H34N4O. The molecule has 1 N–H and O–H groups in total. The van der Waals surface area contributed by atoms with Gasteiger partial charge in [0.05, 0.1) is 5.92 Å². The van der Waals surface area contributed by atoms with Gasteiger partial charge in [-0.1, -0.05) is 19.0 Å². The summed E-state index contributed by atoms with van der Waals surface area (Å²) in [4.78, 5) is 7.41. The Balaban J connectivity index is 1.35. The van der Waals surface area contributed by atoms with Crippen LogP contribution in [0, 0.1) is 5.41 Å². The van der Waals surface area contributed by atoms with Crippen LogP contribution >= 0.6 is 0 Å². The average Bonchev–Trinajstić information content (AvgIpc) is 3.14. The van der Waals surface area contributed by atoms with E-state index in [4.69, 9.17) is 4.52 Å². The lowest BCUT2D eigenvalue weighted by Crippen LogP contribution is -2.47. The Bertz CT molecular complexity index is 554. The zero-order chi connectivity index (χ0) is 17.3. The fourth-order valence-corrected chi connectivity index (χ4v) is 5.22. The number of nitrogens with zero attached hydrogens (tertiary/aromatic N) is 3. The highest BCUT2D eigenvalue weighted by molar-refractivity contribution is 5.01. The van der Waals surface area contributed by atoms with Crippen molar-refractivity contribution in [3.63, 3.8) is 0 Å². The van der Waals surface area contributed by atoms with Crippen molar-refractivity contribution in [3.8, 4) is 0 Å². The quantitative estimate of drug-likeness (QED) is 0.905. The Morgan fingerprint density at radius 2 is 1.88 bits per heavy atom. The molecule has 0 radical (unpaired) electrons. The number of rotatable bonds is 3. The molecule has 5 nitrogen and oxygen atoms in total. The van der Waals surface area contributed by atoms with Crippen molar-refractivity contribution in [2.75, 3.05) is 26.2 Å². The minimum absolute atomic E-state index is 0.344. The maximum Gasteiger partial charge on any atom is 0.231 e. The highest BCUT2D eigenvalue weighted by Crippen LogP contribution is 2.45. The van der Waals surface area contributed by atoms with Crippen LogP contribution in [0.3, 0.4) is 0 Å². The van der Waals surface area contributed by atoms with E-state index >= 15 is 0 Å². The molecular weight excluding hydrogens is 312 g/mol. The number of nitrogens with one attached hydrogen (secondary N) is 1. The van der Waals surface area contributed by atoms with Crippen LogP contribution in [0.2, 0.25) is 0 Å². The van der Waals surface area contributed by atoms with Crippen molar-refractivity contribution in [3.05, 3.63) is 11.7 Å². The molecule has 1 aliphatic carbocycles. The van der Waals surface area contributed by atoms with Crippen molar-refractivity contribution in [1.82, 2.24) is 20.4 Å². The lowest BCUT2D eigenvalue weighted by Gasteiger charge is -2.47. The van der Waals surface area contributed by atoms with E-state index in [0.29, 0.717) is 17.3 Å². The second kappa shape index (κ2) is 7.36. The van der Waals surface area contributed by atoms with Crippen LogP contribution in [0.25, 0.3) is 0 Å². The second-order valence-corrected chi connectivity index (χ2v) is 8.96. The van der Waals surface area contributed by atoms with Crippen LogP contribution < -0.4 is 5.32 Å². The van der Waals surface area contributed by atoms with Gasteiger partial charge in [-0.25, -0.2) is 0 Å². The summed E-state index contributed by atoms with van der Waals surface area (Å²) < 4.78 is 5.60. The van der Waals surface area contributed by atoms with Crippen LogP contribution in [-0.2, 0) is 0 Å². The van der Waals surface area contributed by atoms with Crippen LogP contribution in [0.1, 0.15) is 88.8 Å². The molecule has 2 saturated heterocycles. The summed E-state index contributed by atoms with van der Waals surface area (Å²) in [5, 5.41) is 7.71. The molecule has 1 spiro atoms. The van der Waals surface area contributed by atoms with Gasteiger partial charge in [-0.2, -0.15) is 4.98 Å². The Morgan fingerprint density at radius 3 is 2.56 bits per heavy atom. The summed E-state index contributed by atoms with van der Waals surface area (Å²) in [7, 11) is 0. The van der Waals surface area contributed by atoms with Crippen molar-refractivity contribution in [1.29, 1.82) is 0 Å². The van der Waals surface area contributed by atoms with E-state index in [1.165, 1.54) is 71.0 Å². The van der Waals surface area contributed by atoms with E-state index < -0.39 is 0 Å². The lowest BCUT2D eigenvalue weighted by atomic mass is 9.67. The van der Waals surface area contributed by atoms with Gasteiger partial charge in [0.25, 0.3) is 0 Å². The SMILES string of the molecule is CC(C)c1noc(C2CCCN(C3CCC4(CCNCC4)CC3)C2)n1. The fourth-order valence-electron chi connectivity index (χ4n) is 5.22. The monoisotopic (exact) mass is 346 g/mol. The molecule has 5 heteroatoms. The summed E-state index contributed by atoms with van der Waals surface area (Å²) in [6.07, 6.45) is 10.9. The molecule has 3 aliphatic rings. The topological polar surface area (TPSA) is 54.2 Å². The zero-order valence-corrected chi connectivity index (χ0v) is 16.0. The van der Waals surface area contributed by atoms with Gasteiger partial charge in [0.2, 0.25) is 5.89 Å². The first-order chi connectivity index (χ1) is 12.2. The average molecular weight is 347 g/mol. The van der Waals surface area contributed by atoms with Crippen LogP contribution in [0.4, 0.5) is 0 Å². The fraction of sp³-hybridized carbons (Fsp3) is 0.900. The van der Waals surface area contributed by atoms with Gasteiger partial charge >= 0.3 is 0 Å². The van der Waals surface area contributed by atoms with E-state index in [-0.39, 0.29) is 0 Å². The standard InChI is InChI=1S/C20H34N4O/c1-15(2)18-22-19(25-23-18)16-4-3-13-24(14-16)17-5-7-20(8-6-17)9-11-21-12-10-20/h15-17,21H,3-14H2,1-2H3. The first-order valence-electron chi connectivity index (χ1n) is 10.4. The van der Waals surface area contributed by atoms with Crippen molar-refractivity contribution in [2.24, 2.45) is 5.41 Å². The minimum atomic E-state index is 0.344. The Morgan fingerprint density at radius 1 is 1.12 bits per heavy atom. The number of piperidine rings is 2. The third-order valence-electron chi connectivity index (χ3n) is 6.97. The van der Waals surface area contributed by atoms with E-state index in [2.05, 4.69) is 34.2 Å². The van der Waals surface area contributed by atoms with E-state index in [1.807, 2.05) is 0 Å². The smallest absolute Gasteiger partial charge is 0.231 e. The molecule has 25 heavy (non-hydrogen) atoms. The van der Waals surface area contributed by atoms with Crippen LogP contribution in [-0.4, -0.2) is 47.3 Å². The summed E-state index contributed by atoms with van der Waals surface area (Å²) in [5.41, 5.74) is 0.662. The highest BCUT2D eigenvalue weighted by Gasteiger charge is 2.39. The summed E-state index contributed by atoms with van der Waals surface area (Å²) in [6, 6.07) is 0.774. The molecule has 0 amide bonds. The third-order valence-corrected chi connectivity index (χ3v) is 6.97. The van der Waals surface area contributed by atoms with E-state index in [1.54, 1.807) is 0 Å². The Hall–Kier alpha value is -0.940. The van der Waals surface area contributed by atoms with E-state index in [0.717, 1.165) is 24.3 Å². The van der Waals surface area contributed by atoms with Crippen molar-refractivity contribution in [2.45, 2.75) is 83.1 Å². The molecule has 1 unspecified atom stereocenters. The minimum Gasteiger partial charge on any atom is -0.339 e. The molecule has 1 saturated carbocycles. The highest BCUT2D eigenvalue weighted by atomic mass is 16.5. The molecule has 2 aliphatic heterocycles. The summed E-state index contributed by atoms with van der Waals surface area (Å²) in [6.45, 7) is 9.07. The van der Waals surface area contributed by atoms with Crippen molar-refractivity contribution < 1.29 is 4.52 Å². The first-order valence-corrected chi connectivity index (χ1v) is 10.4. The maximum atomic E-state index is 5.60. The lowest BCUT2D eigenvalue weighted by molar-refractivity contribution is 0.0489. The molecule has 140 valence electrons. The van der Waals surface area contributed by atoms with Crippen LogP contribution in [0.15, 0.2) is 4.52 Å². The summed E-state index contributed by atoms with van der Waals surface area (Å²) >= 11 is 0. The predicted octanol–water partition coefficient (Wildman–Crippen LogP) is 3.68. The summed E-state index contributed by atoms with van der Waals surface area (Å²) in [5.74, 6) is 2.51. The number of hydrogen-bond acceptors (Lipinski definition) is 5. The number of hydrogen-bond donors (Lipinski definition) is 1. The van der Waals surface area contributed by atoms with Gasteiger partial charge in [0.15, 0.2) is 5.82 Å². The van der Waals surface area contributed by atoms with Gasteiger partial charge in [-0.3, -0.25) is 4.90 Å². The molecule has 3 heterocycles. The van der Waals surface area contributed by atoms with Gasteiger partial charge in [-0.15, -0.1) is 0 Å². The molecule has 1 aromatic rings. The van der Waals surface area contributed by atoms with Crippen molar-refractivity contribution >= 4 is 0 Å². The zero-order valence-electron chi connectivity index (χ0n) is 16.0. The number of aromatic nitrogens is 2. The molecule has 0 aromatic carbocycles. The van der Waals surface area contributed by atoms with Gasteiger partial charge in [-0.05, 0) is 76.4 Å². The first kappa shape index (κ1) is 17.5. The van der Waals surface area contributed by atoms with Gasteiger partial charge < -0.3 is 9.84 Å². The van der Waals surface area contributed by atoms with E-state index in [9.17, 15) is 0 Å². The normalized spacial score (nSPS) is 28.7. The van der Waals surface area contributed by atoms with Gasteiger partial charge in [0.1, 0.15) is 0 Å². The molecule has 1 atom stereocenters. The third kappa shape index (κ3) is 3.77. The molecule has 3 fully saturated rings. The molecule has 1 aromatic heterocycles. The molecule has 4 rings (SSSR count). The Kier molecular flexibility index (Phi) is 5.14. The predicted molar refractivity (Wildman–Crippen MR) is 98.7 cm³/mol. The maximum absolute atomic E-state index is 5.60. The number of likely N-dealkylation sites (tertiary alicyclic amines) is 1. The Labute approximate surface area is 151 Å². The largest absolute Gasteiger partial charge is 0.339 e.